The highest BCUT2D eigenvalue weighted by Gasteiger charge is 1.90. The van der Waals surface area contributed by atoms with Gasteiger partial charge in [-0.1, -0.05) is 43.0 Å². The van der Waals surface area contributed by atoms with Crippen LogP contribution in [0.5, 0.6) is 0 Å². The molecule has 0 atom stereocenters. The van der Waals surface area contributed by atoms with Crippen LogP contribution in [0.4, 0.5) is 0 Å². The van der Waals surface area contributed by atoms with Gasteiger partial charge in [0.25, 0.3) is 0 Å². The van der Waals surface area contributed by atoms with Gasteiger partial charge in [-0.15, -0.1) is 0 Å². The fourth-order valence-electron chi connectivity index (χ4n) is 1.08. The number of carboxylic acids is 1. The molecule has 0 aliphatic carbocycles. The second kappa shape index (κ2) is 5.60. The fourth-order valence-corrected chi connectivity index (χ4v) is 1.08. The van der Waals surface area contributed by atoms with Gasteiger partial charge in [0.1, 0.15) is 0 Å². The third-order valence-corrected chi connectivity index (χ3v) is 1.79. The summed E-state index contributed by atoms with van der Waals surface area (Å²) < 4.78 is 0. The molecule has 1 N–H and O–H groups in total. The zero-order chi connectivity index (χ0) is 11.1. The topological polar surface area (TPSA) is 37.3 Å². The maximum atomic E-state index is 10.3. The molecule has 0 heterocycles. The lowest BCUT2D eigenvalue weighted by Crippen LogP contribution is -1.86. The monoisotopic (exact) mass is 200 g/mol. The number of aliphatic carboxylic acids is 1. The molecule has 0 unspecified atom stereocenters. The maximum absolute atomic E-state index is 10.3. The predicted octanol–water partition coefficient (Wildman–Crippen LogP) is 2.90. The molecule has 1 aromatic carbocycles. The van der Waals surface area contributed by atoms with Crippen LogP contribution < -0.4 is 0 Å². The molecular weight excluding hydrogens is 188 g/mol. The average Bonchev–Trinajstić information content (AvgIpc) is 2.25. The van der Waals surface area contributed by atoms with Crippen molar-refractivity contribution in [1.29, 1.82) is 0 Å². The lowest BCUT2D eigenvalue weighted by molar-refractivity contribution is -0.131. The number of allylic oxidation sites excluding steroid dienone is 3. The van der Waals surface area contributed by atoms with Crippen LogP contribution in [0, 0.1) is 0 Å². The molecule has 0 radical (unpaired) electrons. The highest BCUT2D eigenvalue weighted by atomic mass is 16.4. The van der Waals surface area contributed by atoms with Crippen molar-refractivity contribution >= 4 is 12.0 Å². The Morgan fingerprint density at radius 1 is 1.20 bits per heavy atom. The summed E-state index contributed by atoms with van der Waals surface area (Å²) in [5.41, 5.74) is 1.78. The summed E-state index contributed by atoms with van der Waals surface area (Å²) >= 11 is 0. The normalized spacial score (nSPS) is 11.6. The second-order valence-electron chi connectivity index (χ2n) is 2.93. The zero-order valence-electron chi connectivity index (χ0n) is 8.26. The van der Waals surface area contributed by atoms with Gasteiger partial charge in [-0.25, -0.2) is 4.79 Å². The highest BCUT2D eigenvalue weighted by molar-refractivity contribution is 5.81. The van der Waals surface area contributed by atoms with E-state index in [0.717, 1.165) is 17.2 Å². The van der Waals surface area contributed by atoms with E-state index in [1.807, 2.05) is 36.4 Å². The van der Waals surface area contributed by atoms with Crippen molar-refractivity contribution in [3.8, 4) is 0 Å². The van der Waals surface area contributed by atoms with E-state index in [1.54, 1.807) is 6.08 Å². The molecule has 15 heavy (non-hydrogen) atoms. The first-order valence-electron chi connectivity index (χ1n) is 4.52. The Hall–Kier alpha value is -2.09. The summed E-state index contributed by atoms with van der Waals surface area (Å²) in [6.45, 7) is 3.62. The number of carboxylic acid groups (broad SMARTS) is 1. The Kier molecular flexibility index (Phi) is 4.10. The SMILES string of the molecule is C=CC(C=CC(=O)O)=Cc1ccccc1. The van der Waals surface area contributed by atoms with Gasteiger partial charge in [-0.3, -0.25) is 0 Å². The van der Waals surface area contributed by atoms with Gasteiger partial charge in [-0.05, 0) is 23.3 Å². The Morgan fingerprint density at radius 3 is 2.40 bits per heavy atom. The van der Waals surface area contributed by atoms with Crippen LogP contribution in [-0.2, 0) is 4.79 Å². The minimum Gasteiger partial charge on any atom is -0.478 e. The Labute approximate surface area is 88.9 Å². The van der Waals surface area contributed by atoms with Gasteiger partial charge in [0.15, 0.2) is 0 Å². The van der Waals surface area contributed by atoms with Crippen molar-refractivity contribution in [1.82, 2.24) is 0 Å². The molecule has 0 spiro atoms. The summed E-state index contributed by atoms with van der Waals surface area (Å²) in [4.78, 5) is 10.3. The summed E-state index contributed by atoms with van der Waals surface area (Å²) in [5, 5.41) is 8.48. The minimum absolute atomic E-state index is 0.767. The molecule has 2 nitrogen and oxygen atoms in total. The van der Waals surface area contributed by atoms with E-state index in [4.69, 9.17) is 5.11 Å². The van der Waals surface area contributed by atoms with Crippen LogP contribution in [-0.4, -0.2) is 11.1 Å². The summed E-state index contributed by atoms with van der Waals surface area (Å²) in [6.07, 6.45) is 6.09. The molecule has 1 aromatic rings. The van der Waals surface area contributed by atoms with Gasteiger partial charge in [0.2, 0.25) is 0 Å². The first kappa shape index (κ1) is 11.0. The van der Waals surface area contributed by atoms with Gasteiger partial charge in [0, 0.05) is 6.08 Å². The van der Waals surface area contributed by atoms with Gasteiger partial charge >= 0.3 is 5.97 Å². The second-order valence-corrected chi connectivity index (χ2v) is 2.93. The summed E-state index contributed by atoms with van der Waals surface area (Å²) in [5.74, 6) is -0.962. The van der Waals surface area contributed by atoms with Gasteiger partial charge < -0.3 is 5.11 Å². The van der Waals surface area contributed by atoms with Crippen LogP contribution in [0.15, 0.2) is 60.7 Å². The van der Waals surface area contributed by atoms with E-state index >= 15 is 0 Å². The van der Waals surface area contributed by atoms with Crippen molar-refractivity contribution < 1.29 is 9.90 Å². The third-order valence-electron chi connectivity index (χ3n) is 1.79. The molecule has 0 amide bonds. The zero-order valence-corrected chi connectivity index (χ0v) is 8.26. The Balaban J connectivity index is 2.88. The van der Waals surface area contributed by atoms with Crippen LogP contribution >= 0.6 is 0 Å². The molecule has 0 saturated carbocycles. The molecule has 0 aromatic heterocycles. The van der Waals surface area contributed by atoms with Crippen molar-refractivity contribution in [2.24, 2.45) is 0 Å². The van der Waals surface area contributed by atoms with Crippen molar-refractivity contribution in [2.45, 2.75) is 0 Å². The molecule has 0 aliphatic rings. The van der Waals surface area contributed by atoms with Crippen molar-refractivity contribution in [3.63, 3.8) is 0 Å². The largest absolute Gasteiger partial charge is 0.478 e. The Bertz CT molecular complexity index is 400. The molecule has 1 rings (SSSR count). The molecule has 0 fully saturated rings. The lowest BCUT2D eigenvalue weighted by Gasteiger charge is -1.94. The number of rotatable bonds is 4. The highest BCUT2D eigenvalue weighted by Crippen LogP contribution is 2.08. The van der Waals surface area contributed by atoms with Crippen molar-refractivity contribution in [2.75, 3.05) is 0 Å². The van der Waals surface area contributed by atoms with Crippen molar-refractivity contribution in [3.05, 3.63) is 66.3 Å². The molecule has 2 heteroatoms. The van der Waals surface area contributed by atoms with Crippen LogP contribution in [0.3, 0.4) is 0 Å². The molecule has 0 bridgehead atoms. The Morgan fingerprint density at radius 2 is 1.87 bits per heavy atom. The summed E-state index contributed by atoms with van der Waals surface area (Å²) in [6, 6.07) is 9.66. The average molecular weight is 200 g/mol. The number of hydrogen-bond acceptors (Lipinski definition) is 1. The van der Waals surface area contributed by atoms with E-state index in [0.29, 0.717) is 0 Å². The maximum Gasteiger partial charge on any atom is 0.328 e. The molecule has 0 aliphatic heterocycles. The van der Waals surface area contributed by atoms with E-state index in [9.17, 15) is 4.79 Å². The van der Waals surface area contributed by atoms with E-state index < -0.39 is 5.97 Å². The third kappa shape index (κ3) is 4.09. The standard InChI is InChI=1S/C13H12O2/c1-2-11(8-9-13(14)15)10-12-6-4-3-5-7-12/h2-10H,1H2,(H,14,15). The number of benzene rings is 1. The van der Waals surface area contributed by atoms with Crippen LogP contribution in [0.25, 0.3) is 6.08 Å². The van der Waals surface area contributed by atoms with Crippen LogP contribution in [0.2, 0.25) is 0 Å². The lowest BCUT2D eigenvalue weighted by atomic mass is 10.1. The van der Waals surface area contributed by atoms with Gasteiger partial charge in [-0.2, -0.15) is 0 Å². The quantitative estimate of drug-likeness (QED) is 0.599. The first-order valence-corrected chi connectivity index (χ1v) is 4.52. The minimum atomic E-state index is -0.962. The molecule has 0 saturated heterocycles. The van der Waals surface area contributed by atoms with E-state index in [-0.39, 0.29) is 0 Å². The van der Waals surface area contributed by atoms with E-state index in [2.05, 4.69) is 6.58 Å². The predicted molar refractivity (Wildman–Crippen MR) is 61.4 cm³/mol. The number of hydrogen-bond donors (Lipinski definition) is 1. The summed E-state index contributed by atoms with van der Waals surface area (Å²) in [7, 11) is 0. The molecular formula is C13H12O2. The number of carbonyl (C=O) groups is 1. The van der Waals surface area contributed by atoms with Crippen LogP contribution in [0.1, 0.15) is 5.56 Å². The smallest absolute Gasteiger partial charge is 0.328 e. The molecule has 76 valence electrons. The van der Waals surface area contributed by atoms with E-state index in [1.165, 1.54) is 6.08 Å². The fraction of sp³-hybridized carbons (Fsp3) is 0. The van der Waals surface area contributed by atoms with Gasteiger partial charge in [0.05, 0.1) is 0 Å². The first-order chi connectivity index (χ1) is 7.22.